The number of hydrogen-bond acceptors (Lipinski definition) is 4. The molecule has 0 spiro atoms. The highest BCUT2D eigenvalue weighted by Crippen LogP contribution is 2.37. The van der Waals surface area contributed by atoms with Gasteiger partial charge in [-0.25, -0.2) is 0 Å². The van der Waals surface area contributed by atoms with E-state index in [0.717, 1.165) is 24.3 Å². The average Bonchev–Trinajstić information content (AvgIpc) is 3.11. The molecule has 0 radical (unpaired) electrons. The number of nitrogens with zero attached hydrogens (tertiary/aromatic N) is 4. The Morgan fingerprint density at radius 1 is 1.04 bits per heavy atom. The van der Waals surface area contributed by atoms with Gasteiger partial charge in [-0.05, 0) is 61.0 Å². The molecular weight excluding hydrogens is 389 g/mol. The molecule has 1 fully saturated rings. The molecule has 0 aliphatic carbocycles. The van der Waals surface area contributed by atoms with Crippen molar-refractivity contribution in [3.63, 3.8) is 0 Å². The van der Waals surface area contributed by atoms with Crippen molar-refractivity contribution in [3.05, 3.63) is 60.0 Å². The van der Waals surface area contributed by atoms with Crippen LogP contribution in [-0.4, -0.2) is 44.0 Å². The lowest BCUT2D eigenvalue weighted by Gasteiger charge is -2.31. The number of alkyl halides is 3. The van der Waals surface area contributed by atoms with Gasteiger partial charge in [0.1, 0.15) is 5.82 Å². The van der Waals surface area contributed by atoms with Crippen LogP contribution in [0.3, 0.4) is 0 Å². The molecular formula is C19H17F3N4OS. The summed E-state index contributed by atoms with van der Waals surface area (Å²) >= 11 is -0.184. The van der Waals surface area contributed by atoms with Gasteiger partial charge in [0.2, 0.25) is 0 Å². The van der Waals surface area contributed by atoms with Crippen LogP contribution in [0.25, 0.3) is 5.65 Å². The van der Waals surface area contributed by atoms with Crippen LogP contribution in [0, 0.1) is 0 Å². The van der Waals surface area contributed by atoms with Crippen molar-refractivity contribution in [2.75, 3.05) is 13.1 Å². The number of aromatic nitrogens is 3. The second-order valence-electron chi connectivity index (χ2n) is 6.63. The normalized spacial score (nSPS) is 15.9. The average molecular weight is 406 g/mol. The fraction of sp³-hybridized carbons (Fsp3) is 0.316. The van der Waals surface area contributed by atoms with Gasteiger partial charge in [-0.2, -0.15) is 13.2 Å². The molecule has 4 rings (SSSR count). The van der Waals surface area contributed by atoms with Crippen molar-refractivity contribution >= 4 is 23.3 Å². The molecule has 1 amide bonds. The number of rotatable bonds is 3. The zero-order valence-electron chi connectivity index (χ0n) is 14.8. The first-order valence-electron chi connectivity index (χ1n) is 8.85. The number of halogens is 3. The highest BCUT2D eigenvalue weighted by Gasteiger charge is 2.30. The third-order valence-electron chi connectivity index (χ3n) is 4.82. The Labute approximate surface area is 163 Å². The van der Waals surface area contributed by atoms with Crippen LogP contribution in [0.4, 0.5) is 13.2 Å². The van der Waals surface area contributed by atoms with E-state index in [1.54, 1.807) is 4.90 Å². The van der Waals surface area contributed by atoms with E-state index < -0.39 is 5.51 Å². The van der Waals surface area contributed by atoms with Gasteiger partial charge in [0.15, 0.2) is 5.65 Å². The third-order valence-corrected chi connectivity index (χ3v) is 5.56. The number of pyridine rings is 1. The Morgan fingerprint density at radius 2 is 1.75 bits per heavy atom. The molecule has 3 aromatic rings. The number of fused-ring (bicyclic) bond motifs is 1. The monoisotopic (exact) mass is 406 g/mol. The van der Waals surface area contributed by atoms with E-state index >= 15 is 0 Å². The Morgan fingerprint density at radius 3 is 2.43 bits per heavy atom. The predicted octanol–water partition coefficient (Wildman–Crippen LogP) is 4.36. The number of carbonyl (C=O) groups is 1. The highest BCUT2D eigenvalue weighted by molar-refractivity contribution is 8.00. The van der Waals surface area contributed by atoms with Crippen molar-refractivity contribution in [1.29, 1.82) is 0 Å². The third kappa shape index (κ3) is 3.99. The molecule has 2 aromatic heterocycles. The van der Waals surface area contributed by atoms with E-state index in [1.165, 1.54) is 24.3 Å². The van der Waals surface area contributed by atoms with Gasteiger partial charge >= 0.3 is 5.51 Å². The lowest BCUT2D eigenvalue weighted by Crippen LogP contribution is -2.38. The molecule has 0 unspecified atom stereocenters. The predicted molar refractivity (Wildman–Crippen MR) is 99.2 cm³/mol. The van der Waals surface area contributed by atoms with Gasteiger partial charge < -0.3 is 4.90 Å². The lowest BCUT2D eigenvalue weighted by molar-refractivity contribution is -0.0328. The van der Waals surface area contributed by atoms with Gasteiger partial charge in [-0.15, -0.1) is 10.2 Å². The van der Waals surface area contributed by atoms with Crippen molar-refractivity contribution < 1.29 is 18.0 Å². The number of piperidine rings is 1. The Bertz CT molecular complexity index is 979. The van der Waals surface area contributed by atoms with Crippen molar-refractivity contribution in [2.24, 2.45) is 0 Å². The molecule has 9 heteroatoms. The molecule has 146 valence electrons. The number of benzene rings is 1. The number of carbonyl (C=O) groups excluding carboxylic acids is 1. The fourth-order valence-electron chi connectivity index (χ4n) is 3.46. The van der Waals surface area contributed by atoms with E-state index in [1.807, 2.05) is 28.8 Å². The first kappa shape index (κ1) is 18.8. The van der Waals surface area contributed by atoms with Crippen LogP contribution in [0.2, 0.25) is 0 Å². The summed E-state index contributed by atoms with van der Waals surface area (Å²) in [7, 11) is 0. The molecule has 0 N–H and O–H groups in total. The molecule has 28 heavy (non-hydrogen) atoms. The van der Waals surface area contributed by atoms with Crippen LogP contribution in [0.1, 0.15) is 34.9 Å². The SMILES string of the molecule is O=C(c1ccc(SC(F)(F)F)cc1)N1CCC(c2nnc3ccccn23)CC1. The topological polar surface area (TPSA) is 50.5 Å². The zero-order valence-corrected chi connectivity index (χ0v) is 15.6. The standard InChI is InChI=1S/C19H17F3N4OS/c20-19(21,22)28-15-6-4-14(5-7-15)18(27)25-11-8-13(9-12-25)17-24-23-16-3-1-2-10-26(16)17/h1-7,10,13H,8-9,11-12H2. The molecule has 1 aromatic carbocycles. The Balaban J connectivity index is 1.40. The maximum atomic E-state index is 12.7. The molecule has 0 atom stereocenters. The minimum atomic E-state index is -4.33. The van der Waals surface area contributed by atoms with Crippen LogP contribution in [0.15, 0.2) is 53.6 Å². The van der Waals surface area contributed by atoms with E-state index in [0.29, 0.717) is 18.7 Å². The van der Waals surface area contributed by atoms with E-state index in [9.17, 15) is 18.0 Å². The summed E-state index contributed by atoms with van der Waals surface area (Å²) in [6, 6.07) is 11.3. The summed E-state index contributed by atoms with van der Waals surface area (Å²) in [5, 5.41) is 8.48. The van der Waals surface area contributed by atoms with Crippen LogP contribution in [0.5, 0.6) is 0 Å². The fourth-order valence-corrected chi connectivity index (χ4v) is 4.00. The second-order valence-corrected chi connectivity index (χ2v) is 7.76. The van der Waals surface area contributed by atoms with E-state index in [4.69, 9.17) is 0 Å². The quantitative estimate of drug-likeness (QED) is 0.607. The largest absolute Gasteiger partial charge is 0.446 e. The van der Waals surface area contributed by atoms with Crippen molar-refractivity contribution in [2.45, 2.75) is 29.2 Å². The summed E-state index contributed by atoms with van der Waals surface area (Å²) in [5.41, 5.74) is -3.13. The summed E-state index contributed by atoms with van der Waals surface area (Å²) in [6.45, 7) is 1.15. The Hall–Kier alpha value is -2.55. The molecule has 3 heterocycles. The zero-order chi connectivity index (χ0) is 19.7. The van der Waals surface area contributed by atoms with Gasteiger partial charge in [-0.1, -0.05) is 6.07 Å². The minimum absolute atomic E-state index is 0.0708. The smallest absolute Gasteiger partial charge is 0.339 e. The number of amides is 1. The molecule has 5 nitrogen and oxygen atoms in total. The van der Waals surface area contributed by atoms with E-state index in [-0.39, 0.29) is 28.5 Å². The first-order chi connectivity index (χ1) is 13.4. The van der Waals surface area contributed by atoms with Gasteiger partial charge in [0.05, 0.1) is 0 Å². The minimum Gasteiger partial charge on any atom is -0.339 e. The number of thioether (sulfide) groups is 1. The van der Waals surface area contributed by atoms with E-state index in [2.05, 4.69) is 10.2 Å². The van der Waals surface area contributed by atoms with Crippen LogP contribution < -0.4 is 0 Å². The molecule has 0 bridgehead atoms. The molecule has 1 aliphatic heterocycles. The Kier molecular flexibility index (Phi) is 5.01. The first-order valence-corrected chi connectivity index (χ1v) is 9.67. The molecule has 0 saturated carbocycles. The second kappa shape index (κ2) is 7.46. The molecule has 1 aliphatic rings. The van der Waals surface area contributed by atoms with Gasteiger partial charge in [0.25, 0.3) is 5.91 Å². The van der Waals surface area contributed by atoms with Crippen molar-refractivity contribution in [3.8, 4) is 0 Å². The van der Waals surface area contributed by atoms with Gasteiger partial charge in [0, 0.05) is 35.7 Å². The van der Waals surface area contributed by atoms with Gasteiger partial charge in [-0.3, -0.25) is 9.20 Å². The molecule has 1 saturated heterocycles. The summed E-state index contributed by atoms with van der Waals surface area (Å²) < 4.78 is 39.2. The maximum Gasteiger partial charge on any atom is 0.446 e. The summed E-state index contributed by atoms with van der Waals surface area (Å²) in [5.74, 6) is 0.955. The van der Waals surface area contributed by atoms with Crippen LogP contribution in [-0.2, 0) is 0 Å². The maximum absolute atomic E-state index is 12.7. The lowest BCUT2D eigenvalue weighted by atomic mass is 9.95. The summed E-state index contributed by atoms with van der Waals surface area (Å²) in [4.78, 5) is 14.5. The van der Waals surface area contributed by atoms with Crippen molar-refractivity contribution in [1.82, 2.24) is 19.5 Å². The highest BCUT2D eigenvalue weighted by atomic mass is 32.2. The number of likely N-dealkylation sites (tertiary alicyclic amines) is 1. The number of hydrogen-bond donors (Lipinski definition) is 0. The van der Waals surface area contributed by atoms with Crippen LogP contribution >= 0.6 is 11.8 Å². The summed E-state index contributed by atoms with van der Waals surface area (Å²) in [6.07, 6.45) is 3.47.